The molecule has 5 nitrogen and oxygen atoms in total. The Morgan fingerprint density at radius 2 is 1.75 bits per heavy atom. The summed E-state index contributed by atoms with van der Waals surface area (Å²) in [7, 11) is 0. The lowest BCUT2D eigenvalue weighted by molar-refractivity contribution is 0.0945. The van der Waals surface area contributed by atoms with Gasteiger partial charge in [-0.25, -0.2) is 5.84 Å². The standard InChI is InChI=1S/C11H16N2O3/c1-3-15-8-6-5-7-9(16-4-2)10(8)11(14)13-12/h5-7H,3-4,12H2,1-2H3,(H,13,14). The molecule has 0 saturated heterocycles. The lowest BCUT2D eigenvalue weighted by Gasteiger charge is -2.13. The van der Waals surface area contributed by atoms with Crippen molar-refractivity contribution in [1.82, 2.24) is 5.43 Å². The van der Waals surface area contributed by atoms with Gasteiger partial charge >= 0.3 is 0 Å². The lowest BCUT2D eigenvalue weighted by Crippen LogP contribution is -2.30. The second-order valence-electron chi connectivity index (χ2n) is 2.97. The van der Waals surface area contributed by atoms with E-state index in [4.69, 9.17) is 15.3 Å². The van der Waals surface area contributed by atoms with Crippen LogP contribution in [0.3, 0.4) is 0 Å². The molecule has 0 unspecified atom stereocenters. The molecule has 0 heterocycles. The molecule has 0 atom stereocenters. The highest BCUT2D eigenvalue weighted by Gasteiger charge is 2.17. The number of hydrogen-bond donors (Lipinski definition) is 2. The summed E-state index contributed by atoms with van der Waals surface area (Å²) in [5.74, 6) is 5.64. The highest BCUT2D eigenvalue weighted by molar-refractivity contribution is 5.99. The smallest absolute Gasteiger partial charge is 0.272 e. The zero-order valence-electron chi connectivity index (χ0n) is 9.45. The van der Waals surface area contributed by atoms with Gasteiger partial charge in [-0.1, -0.05) is 6.07 Å². The van der Waals surface area contributed by atoms with Gasteiger partial charge in [0, 0.05) is 0 Å². The topological polar surface area (TPSA) is 73.6 Å². The molecule has 0 radical (unpaired) electrons. The van der Waals surface area contributed by atoms with Crippen LogP contribution in [-0.2, 0) is 0 Å². The summed E-state index contributed by atoms with van der Waals surface area (Å²) in [6.45, 7) is 4.63. The molecule has 0 aliphatic carbocycles. The SMILES string of the molecule is CCOc1cccc(OCC)c1C(=O)NN. The van der Waals surface area contributed by atoms with E-state index in [1.165, 1.54) is 0 Å². The third-order valence-electron chi connectivity index (χ3n) is 1.95. The summed E-state index contributed by atoms with van der Waals surface area (Å²) in [5, 5.41) is 0. The maximum absolute atomic E-state index is 11.6. The highest BCUT2D eigenvalue weighted by atomic mass is 16.5. The van der Waals surface area contributed by atoms with E-state index in [0.29, 0.717) is 30.3 Å². The van der Waals surface area contributed by atoms with Crippen molar-refractivity contribution in [3.05, 3.63) is 23.8 Å². The van der Waals surface area contributed by atoms with E-state index in [1.54, 1.807) is 18.2 Å². The van der Waals surface area contributed by atoms with E-state index >= 15 is 0 Å². The Morgan fingerprint density at radius 3 is 2.12 bits per heavy atom. The first kappa shape index (κ1) is 12.3. The Hall–Kier alpha value is -1.75. The fourth-order valence-electron chi connectivity index (χ4n) is 1.36. The minimum atomic E-state index is -0.424. The predicted octanol–water partition coefficient (Wildman–Crippen LogP) is 1.09. The molecule has 0 bridgehead atoms. The van der Waals surface area contributed by atoms with Crippen molar-refractivity contribution in [1.29, 1.82) is 0 Å². The number of nitrogen functional groups attached to an aromatic ring is 1. The summed E-state index contributed by atoms with van der Waals surface area (Å²) in [4.78, 5) is 11.6. The molecule has 1 rings (SSSR count). The molecule has 0 fully saturated rings. The molecule has 16 heavy (non-hydrogen) atoms. The van der Waals surface area contributed by atoms with Gasteiger partial charge in [-0.2, -0.15) is 0 Å². The van der Waals surface area contributed by atoms with Crippen LogP contribution in [0.15, 0.2) is 18.2 Å². The number of hydrazine groups is 1. The molecule has 3 N–H and O–H groups in total. The largest absolute Gasteiger partial charge is 0.493 e. The Bertz CT molecular complexity index is 342. The van der Waals surface area contributed by atoms with Gasteiger partial charge in [0.05, 0.1) is 13.2 Å². The Morgan fingerprint density at radius 1 is 1.25 bits per heavy atom. The molecular formula is C11H16N2O3. The first-order valence-corrected chi connectivity index (χ1v) is 5.14. The zero-order valence-corrected chi connectivity index (χ0v) is 9.45. The number of nitrogens with two attached hydrogens (primary N) is 1. The van der Waals surface area contributed by atoms with Crippen molar-refractivity contribution in [2.75, 3.05) is 13.2 Å². The van der Waals surface area contributed by atoms with Crippen LogP contribution in [0.1, 0.15) is 24.2 Å². The van der Waals surface area contributed by atoms with E-state index in [0.717, 1.165) is 0 Å². The summed E-state index contributed by atoms with van der Waals surface area (Å²) < 4.78 is 10.7. The van der Waals surface area contributed by atoms with Crippen LogP contribution >= 0.6 is 0 Å². The Balaban J connectivity index is 3.17. The second-order valence-corrected chi connectivity index (χ2v) is 2.97. The minimum absolute atomic E-state index is 0.328. The fourth-order valence-corrected chi connectivity index (χ4v) is 1.36. The van der Waals surface area contributed by atoms with Crippen LogP contribution in [-0.4, -0.2) is 19.1 Å². The van der Waals surface area contributed by atoms with Gasteiger partial charge < -0.3 is 9.47 Å². The Kier molecular flexibility index (Phi) is 4.60. The number of carbonyl (C=O) groups excluding carboxylic acids is 1. The van der Waals surface area contributed by atoms with Gasteiger partial charge in [-0.3, -0.25) is 10.2 Å². The number of nitrogens with one attached hydrogen (secondary N) is 1. The predicted molar refractivity (Wildman–Crippen MR) is 60.4 cm³/mol. The van der Waals surface area contributed by atoms with Gasteiger partial charge in [0.1, 0.15) is 17.1 Å². The van der Waals surface area contributed by atoms with Crippen LogP contribution in [0.25, 0.3) is 0 Å². The molecule has 1 aromatic rings. The number of rotatable bonds is 5. The van der Waals surface area contributed by atoms with Crippen molar-refractivity contribution in [3.63, 3.8) is 0 Å². The normalized spacial score (nSPS) is 9.69. The fraction of sp³-hybridized carbons (Fsp3) is 0.364. The number of ether oxygens (including phenoxy) is 2. The molecular weight excluding hydrogens is 208 g/mol. The van der Waals surface area contributed by atoms with Gasteiger partial charge in [-0.05, 0) is 26.0 Å². The van der Waals surface area contributed by atoms with E-state index < -0.39 is 5.91 Å². The lowest BCUT2D eigenvalue weighted by atomic mass is 10.1. The van der Waals surface area contributed by atoms with Crippen molar-refractivity contribution < 1.29 is 14.3 Å². The van der Waals surface area contributed by atoms with Crippen LogP contribution in [0, 0.1) is 0 Å². The molecule has 0 aliphatic heterocycles. The second kappa shape index (κ2) is 5.97. The quantitative estimate of drug-likeness (QED) is 0.446. The van der Waals surface area contributed by atoms with E-state index in [9.17, 15) is 4.79 Å². The van der Waals surface area contributed by atoms with Gasteiger partial charge in [-0.15, -0.1) is 0 Å². The molecule has 0 aliphatic rings. The molecule has 0 saturated carbocycles. The summed E-state index contributed by atoms with van der Waals surface area (Å²) in [5.41, 5.74) is 2.41. The number of benzene rings is 1. The molecule has 1 aromatic carbocycles. The third-order valence-corrected chi connectivity index (χ3v) is 1.95. The maximum Gasteiger partial charge on any atom is 0.272 e. The molecule has 0 spiro atoms. The van der Waals surface area contributed by atoms with Crippen LogP contribution in [0.2, 0.25) is 0 Å². The highest BCUT2D eigenvalue weighted by Crippen LogP contribution is 2.28. The van der Waals surface area contributed by atoms with Crippen molar-refractivity contribution in [2.45, 2.75) is 13.8 Å². The first-order valence-electron chi connectivity index (χ1n) is 5.14. The molecule has 5 heteroatoms. The summed E-state index contributed by atoms with van der Waals surface area (Å²) in [6, 6.07) is 5.18. The van der Waals surface area contributed by atoms with Gasteiger partial charge in [0.2, 0.25) is 0 Å². The monoisotopic (exact) mass is 224 g/mol. The van der Waals surface area contributed by atoms with Gasteiger partial charge in [0.25, 0.3) is 5.91 Å². The van der Waals surface area contributed by atoms with E-state index in [2.05, 4.69) is 5.43 Å². The van der Waals surface area contributed by atoms with Crippen LogP contribution < -0.4 is 20.7 Å². The summed E-state index contributed by atoms with van der Waals surface area (Å²) >= 11 is 0. The van der Waals surface area contributed by atoms with Crippen LogP contribution in [0.4, 0.5) is 0 Å². The van der Waals surface area contributed by atoms with E-state index in [-0.39, 0.29) is 0 Å². The average molecular weight is 224 g/mol. The van der Waals surface area contributed by atoms with Gasteiger partial charge in [0.15, 0.2) is 0 Å². The van der Waals surface area contributed by atoms with Crippen LogP contribution in [0.5, 0.6) is 11.5 Å². The van der Waals surface area contributed by atoms with Crippen molar-refractivity contribution in [3.8, 4) is 11.5 Å². The average Bonchev–Trinajstić information content (AvgIpc) is 2.29. The van der Waals surface area contributed by atoms with Crippen molar-refractivity contribution >= 4 is 5.91 Å². The number of hydrogen-bond acceptors (Lipinski definition) is 4. The van der Waals surface area contributed by atoms with E-state index in [1.807, 2.05) is 13.8 Å². The third kappa shape index (κ3) is 2.64. The number of amides is 1. The molecule has 88 valence electrons. The minimum Gasteiger partial charge on any atom is -0.493 e. The first-order chi connectivity index (χ1) is 7.74. The maximum atomic E-state index is 11.6. The molecule has 1 amide bonds. The molecule has 0 aromatic heterocycles. The zero-order chi connectivity index (χ0) is 12.0. The Labute approximate surface area is 94.5 Å². The van der Waals surface area contributed by atoms with Crippen molar-refractivity contribution in [2.24, 2.45) is 5.84 Å². The summed E-state index contributed by atoms with van der Waals surface area (Å²) in [6.07, 6.45) is 0. The number of carbonyl (C=O) groups is 1.